The number of ether oxygens (including phenoxy) is 1. The topological polar surface area (TPSA) is 56.3 Å². The van der Waals surface area contributed by atoms with Crippen LogP contribution >= 0.6 is 0 Å². The number of hydrogen-bond donors (Lipinski definition) is 0. The predicted octanol–water partition coefficient (Wildman–Crippen LogP) is 2.40. The molecule has 188 valence electrons. The lowest BCUT2D eigenvalue weighted by Crippen LogP contribution is -2.53. The molecule has 0 aliphatic carbocycles. The number of Topliss-reactive ketones (excluding diaryl/α,β-unsaturated/α-hetero) is 1. The summed E-state index contributed by atoms with van der Waals surface area (Å²) in [5.41, 5.74) is 3.23. The van der Waals surface area contributed by atoms with Crippen molar-refractivity contribution in [2.24, 2.45) is 0 Å². The third-order valence-electron chi connectivity index (χ3n) is 7.21. The molecule has 2 saturated heterocycles. The Hall–Kier alpha value is -2.74. The molecule has 35 heavy (non-hydrogen) atoms. The van der Waals surface area contributed by atoms with Gasteiger partial charge in [0.2, 0.25) is 5.91 Å². The van der Waals surface area contributed by atoms with E-state index >= 15 is 0 Å². The molecular weight excluding hydrogens is 440 g/mol. The van der Waals surface area contributed by atoms with Crippen molar-refractivity contribution < 1.29 is 14.3 Å². The molecule has 2 fully saturated rings. The molecule has 7 nitrogen and oxygen atoms in total. The van der Waals surface area contributed by atoms with Gasteiger partial charge < -0.3 is 14.5 Å². The van der Waals surface area contributed by atoms with E-state index in [2.05, 4.69) is 32.9 Å². The Morgan fingerprint density at radius 3 is 2.09 bits per heavy atom. The third-order valence-corrected chi connectivity index (χ3v) is 7.21. The molecule has 1 amide bonds. The van der Waals surface area contributed by atoms with Crippen LogP contribution in [-0.2, 0) is 17.8 Å². The zero-order chi connectivity index (χ0) is 24.6. The molecule has 2 aliphatic heterocycles. The number of piperazine rings is 2. The van der Waals surface area contributed by atoms with Gasteiger partial charge in [-0.15, -0.1) is 0 Å². The van der Waals surface area contributed by atoms with Gasteiger partial charge in [-0.2, -0.15) is 0 Å². The number of nitrogens with zero attached hydrogens (tertiary/aromatic N) is 4. The molecule has 0 radical (unpaired) electrons. The van der Waals surface area contributed by atoms with Gasteiger partial charge in [-0.1, -0.05) is 42.5 Å². The van der Waals surface area contributed by atoms with Gasteiger partial charge in [0.1, 0.15) is 5.75 Å². The van der Waals surface area contributed by atoms with Crippen LogP contribution in [0.15, 0.2) is 48.5 Å². The highest BCUT2D eigenvalue weighted by molar-refractivity contribution is 5.94. The van der Waals surface area contributed by atoms with E-state index in [0.29, 0.717) is 6.54 Å². The van der Waals surface area contributed by atoms with Gasteiger partial charge in [0.25, 0.3) is 0 Å². The molecule has 2 aliphatic rings. The molecule has 0 atom stereocenters. The molecule has 7 heteroatoms. The number of carbonyl (C=O) groups is 2. The summed E-state index contributed by atoms with van der Waals surface area (Å²) >= 11 is 0. The van der Waals surface area contributed by atoms with Crippen LogP contribution in [0, 0.1) is 0 Å². The monoisotopic (exact) mass is 478 g/mol. The van der Waals surface area contributed by atoms with Crippen molar-refractivity contribution in [1.29, 1.82) is 0 Å². The number of benzene rings is 2. The summed E-state index contributed by atoms with van der Waals surface area (Å²) in [5, 5.41) is 0. The first-order valence-corrected chi connectivity index (χ1v) is 12.7. The van der Waals surface area contributed by atoms with Gasteiger partial charge >= 0.3 is 0 Å². The zero-order valence-corrected chi connectivity index (χ0v) is 21.1. The number of hydrogen-bond acceptors (Lipinski definition) is 6. The summed E-state index contributed by atoms with van der Waals surface area (Å²) in [6.45, 7) is 11.2. The van der Waals surface area contributed by atoms with Crippen molar-refractivity contribution in [3.63, 3.8) is 0 Å². The minimum Gasteiger partial charge on any atom is -0.496 e. The van der Waals surface area contributed by atoms with E-state index in [1.807, 2.05) is 35.2 Å². The molecule has 0 spiro atoms. The van der Waals surface area contributed by atoms with E-state index in [0.717, 1.165) is 83.2 Å². The second-order valence-electron chi connectivity index (χ2n) is 9.59. The molecule has 0 unspecified atom stereocenters. The van der Waals surface area contributed by atoms with Crippen LogP contribution in [0.25, 0.3) is 0 Å². The summed E-state index contributed by atoms with van der Waals surface area (Å²) in [6.07, 6.45) is 0.982. The van der Waals surface area contributed by atoms with E-state index in [1.54, 1.807) is 14.0 Å². The van der Waals surface area contributed by atoms with E-state index in [-0.39, 0.29) is 11.7 Å². The van der Waals surface area contributed by atoms with Crippen LogP contribution in [0.1, 0.15) is 28.4 Å². The number of para-hydroxylation sites is 1. The number of methoxy groups -OCH3 is 1. The molecule has 4 rings (SSSR count). The van der Waals surface area contributed by atoms with Crippen LogP contribution in [0.2, 0.25) is 0 Å². The van der Waals surface area contributed by atoms with Crippen LogP contribution < -0.4 is 4.74 Å². The number of ketones is 1. The van der Waals surface area contributed by atoms with Crippen molar-refractivity contribution in [2.75, 3.05) is 72.6 Å². The van der Waals surface area contributed by atoms with Crippen molar-refractivity contribution in [1.82, 2.24) is 19.6 Å². The van der Waals surface area contributed by atoms with Crippen LogP contribution in [0.3, 0.4) is 0 Å². The highest BCUT2D eigenvalue weighted by Crippen LogP contribution is 2.20. The highest BCUT2D eigenvalue weighted by Gasteiger charge is 2.25. The lowest BCUT2D eigenvalue weighted by atomic mass is 10.1. The largest absolute Gasteiger partial charge is 0.496 e. The van der Waals surface area contributed by atoms with E-state index in [9.17, 15) is 9.59 Å². The predicted molar refractivity (Wildman–Crippen MR) is 138 cm³/mol. The molecular formula is C28H38N4O3. The molecule has 0 bridgehead atoms. The SMILES string of the molecule is COc1ccccc1CN1CCN(C(=O)CN2CCN(CCc3ccc(C(C)=O)cc3)CC2)CC1. The van der Waals surface area contributed by atoms with Crippen molar-refractivity contribution >= 4 is 11.7 Å². The average Bonchev–Trinajstić information content (AvgIpc) is 2.89. The first-order valence-electron chi connectivity index (χ1n) is 12.7. The van der Waals surface area contributed by atoms with E-state index in [4.69, 9.17) is 4.74 Å². The van der Waals surface area contributed by atoms with Crippen molar-refractivity contribution in [3.8, 4) is 5.75 Å². The third kappa shape index (κ3) is 7.13. The molecule has 2 aromatic rings. The smallest absolute Gasteiger partial charge is 0.236 e. The van der Waals surface area contributed by atoms with Gasteiger partial charge in [-0.3, -0.25) is 19.4 Å². The first kappa shape index (κ1) is 25.4. The van der Waals surface area contributed by atoms with Gasteiger partial charge in [0.15, 0.2) is 5.78 Å². The summed E-state index contributed by atoms with van der Waals surface area (Å²) in [7, 11) is 1.71. The van der Waals surface area contributed by atoms with Crippen LogP contribution in [0.4, 0.5) is 0 Å². The van der Waals surface area contributed by atoms with Crippen molar-refractivity contribution in [3.05, 3.63) is 65.2 Å². The second kappa shape index (κ2) is 12.3. The zero-order valence-electron chi connectivity index (χ0n) is 21.1. The summed E-state index contributed by atoms with van der Waals surface area (Å²) < 4.78 is 5.48. The Labute approximate surface area is 209 Å². The normalized spacial score (nSPS) is 17.9. The lowest BCUT2D eigenvalue weighted by Gasteiger charge is -2.38. The highest BCUT2D eigenvalue weighted by atomic mass is 16.5. The second-order valence-corrected chi connectivity index (χ2v) is 9.59. The van der Waals surface area contributed by atoms with Gasteiger partial charge in [-0.25, -0.2) is 0 Å². The molecule has 0 N–H and O–H groups in total. The van der Waals surface area contributed by atoms with Gasteiger partial charge in [0, 0.05) is 76.6 Å². The Morgan fingerprint density at radius 1 is 0.800 bits per heavy atom. The Morgan fingerprint density at radius 2 is 1.43 bits per heavy atom. The molecule has 0 saturated carbocycles. The fourth-order valence-electron chi connectivity index (χ4n) is 4.89. The summed E-state index contributed by atoms with van der Waals surface area (Å²) in [4.78, 5) is 33.5. The van der Waals surface area contributed by atoms with Crippen LogP contribution in [0.5, 0.6) is 5.75 Å². The fourth-order valence-corrected chi connectivity index (χ4v) is 4.89. The Kier molecular flexibility index (Phi) is 8.90. The quantitative estimate of drug-likeness (QED) is 0.516. The maximum Gasteiger partial charge on any atom is 0.236 e. The maximum absolute atomic E-state index is 12.9. The average molecular weight is 479 g/mol. The number of carbonyl (C=O) groups excluding carboxylic acids is 2. The molecule has 2 heterocycles. The van der Waals surface area contributed by atoms with Gasteiger partial charge in [0.05, 0.1) is 13.7 Å². The lowest BCUT2D eigenvalue weighted by molar-refractivity contribution is -0.134. The first-order chi connectivity index (χ1) is 17.0. The van der Waals surface area contributed by atoms with Crippen molar-refractivity contribution in [2.45, 2.75) is 19.9 Å². The summed E-state index contributed by atoms with van der Waals surface area (Å²) in [6, 6.07) is 16.1. The molecule has 0 aromatic heterocycles. The van der Waals surface area contributed by atoms with E-state index < -0.39 is 0 Å². The molecule has 2 aromatic carbocycles. The minimum atomic E-state index is 0.108. The summed E-state index contributed by atoms with van der Waals surface area (Å²) in [5.74, 6) is 1.29. The maximum atomic E-state index is 12.9. The van der Waals surface area contributed by atoms with E-state index in [1.165, 1.54) is 11.1 Å². The van der Waals surface area contributed by atoms with Gasteiger partial charge in [-0.05, 0) is 25.0 Å². The Balaban J connectivity index is 1.14. The number of rotatable bonds is 9. The minimum absolute atomic E-state index is 0.108. The number of amides is 1. The standard InChI is InChI=1S/C28H38N4O3/c1-23(33)25-9-7-24(8-10-25)11-12-29-13-15-31(16-14-29)22-28(34)32-19-17-30(18-20-32)21-26-5-3-4-6-27(26)35-2/h3-10H,11-22H2,1-2H3. The Bertz CT molecular complexity index is 978. The fraction of sp³-hybridized carbons (Fsp3) is 0.500. The van der Waals surface area contributed by atoms with Crippen LogP contribution in [-0.4, -0.2) is 104 Å².